The molecule has 6 atom stereocenters. The highest BCUT2D eigenvalue weighted by atomic mass is 16.5. The van der Waals surface area contributed by atoms with Gasteiger partial charge in [0, 0.05) is 5.56 Å². The number of anilines is 1. The third-order valence-electron chi connectivity index (χ3n) is 8.18. The maximum Gasteiger partial charge on any atom is 0.343 e. The standard InChI is InChI=1S/C30H23NO4/c32-28-26-21-13-14-22(24-16-23(21)24)27(26)29(33)31(28)19-10-6-9-18(15-19)30(34)35-25-12-5-4-11-20(25)17-7-2-1-3-8-17/h1-15,21-24,26-27H,16H2. The molecular formula is C30H23NO4. The molecule has 0 N–H and O–H groups in total. The highest BCUT2D eigenvalue weighted by molar-refractivity contribution is 6.23. The van der Waals surface area contributed by atoms with Gasteiger partial charge in [0.1, 0.15) is 5.75 Å². The Bertz CT molecular complexity index is 1370. The van der Waals surface area contributed by atoms with Crippen molar-refractivity contribution in [1.29, 1.82) is 0 Å². The van der Waals surface area contributed by atoms with E-state index in [0.29, 0.717) is 28.8 Å². The Morgan fingerprint density at radius 2 is 1.43 bits per heavy atom. The van der Waals surface area contributed by atoms with Crippen LogP contribution in [0.25, 0.3) is 11.1 Å². The first kappa shape index (κ1) is 20.4. The smallest absolute Gasteiger partial charge is 0.343 e. The van der Waals surface area contributed by atoms with Gasteiger partial charge in [-0.25, -0.2) is 9.69 Å². The molecular weight excluding hydrogens is 438 g/mol. The number of imide groups is 1. The molecule has 1 heterocycles. The molecule has 172 valence electrons. The number of nitrogens with zero attached hydrogens (tertiary/aromatic N) is 1. The summed E-state index contributed by atoms with van der Waals surface area (Å²) in [4.78, 5) is 41.3. The minimum absolute atomic E-state index is 0.135. The molecule has 1 aliphatic heterocycles. The van der Waals surface area contributed by atoms with Crippen LogP contribution in [0.2, 0.25) is 0 Å². The van der Waals surface area contributed by atoms with Gasteiger partial charge in [0.15, 0.2) is 0 Å². The summed E-state index contributed by atoms with van der Waals surface area (Å²) in [7, 11) is 0. The number of amides is 2. The van der Waals surface area contributed by atoms with Crippen LogP contribution in [0.4, 0.5) is 5.69 Å². The summed E-state index contributed by atoms with van der Waals surface area (Å²) < 4.78 is 5.78. The number of esters is 1. The maximum absolute atomic E-state index is 13.4. The predicted molar refractivity (Wildman–Crippen MR) is 130 cm³/mol. The second-order valence-corrected chi connectivity index (χ2v) is 9.97. The Morgan fingerprint density at radius 1 is 0.771 bits per heavy atom. The van der Waals surface area contributed by atoms with Crippen LogP contribution in [0, 0.1) is 35.5 Å². The normalized spacial score (nSPS) is 29.7. The molecule has 0 aromatic heterocycles. The maximum atomic E-state index is 13.4. The molecule has 3 aromatic rings. The molecule has 0 radical (unpaired) electrons. The molecule has 6 unspecified atom stereocenters. The zero-order valence-corrected chi connectivity index (χ0v) is 18.9. The zero-order chi connectivity index (χ0) is 23.7. The van der Waals surface area contributed by atoms with Crippen molar-refractivity contribution in [2.45, 2.75) is 6.42 Å². The molecule has 5 aliphatic rings. The summed E-state index contributed by atoms with van der Waals surface area (Å²) in [6.45, 7) is 0. The molecule has 8 rings (SSSR count). The van der Waals surface area contributed by atoms with Crippen LogP contribution < -0.4 is 9.64 Å². The van der Waals surface area contributed by atoms with Crippen molar-refractivity contribution < 1.29 is 19.1 Å². The van der Waals surface area contributed by atoms with Crippen LogP contribution in [0.1, 0.15) is 16.8 Å². The summed E-state index contributed by atoms with van der Waals surface area (Å²) in [5.41, 5.74) is 2.49. The Kier molecular flexibility index (Phi) is 4.37. The Hall–Kier alpha value is -3.99. The summed E-state index contributed by atoms with van der Waals surface area (Å²) in [5.74, 6) is 0.546. The van der Waals surface area contributed by atoms with Gasteiger partial charge in [-0.2, -0.15) is 0 Å². The second-order valence-electron chi connectivity index (χ2n) is 9.97. The summed E-state index contributed by atoms with van der Waals surface area (Å²) in [5, 5.41) is 0. The lowest BCUT2D eigenvalue weighted by atomic mass is 9.63. The van der Waals surface area contributed by atoms with E-state index in [1.54, 1.807) is 30.3 Å². The highest BCUT2D eigenvalue weighted by Crippen LogP contribution is 2.65. The third kappa shape index (κ3) is 3.04. The Morgan fingerprint density at radius 3 is 2.14 bits per heavy atom. The summed E-state index contributed by atoms with van der Waals surface area (Å²) in [6, 6.07) is 23.8. The number of carbonyl (C=O) groups is 3. The van der Waals surface area contributed by atoms with E-state index in [1.165, 1.54) is 4.90 Å². The summed E-state index contributed by atoms with van der Waals surface area (Å²) >= 11 is 0. The average molecular weight is 462 g/mol. The van der Waals surface area contributed by atoms with Gasteiger partial charge < -0.3 is 4.74 Å². The van der Waals surface area contributed by atoms with Gasteiger partial charge >= 0.3 is 5.97 Å². The monoisotopic (exact) mass is 461 g/mol. The number of carbonyl (C=O) groups excluding carboxylic acids is 3. The number of allylic oxidation sites excluding steroid dienone is 2. The van der Waals surface area contributed by atoms with Gasteiger partial charge in [-0.05, 0) is 59.9 Å². The largest absolute Gasteiger partial charge is 0.422 e. The van der Waals surface area contributed by atoms with Crippen LogP contribution in [0.15, 0.2) is 91.0 Å². The van der Waals surface area contributed by atoms with Crippen LogP contribution in [-0.2, 0) is 9.59 Å². The molecule has 5 heteroatoms. The first-order chi connectivity index (χ1) is 17.1. The Labute approximate surface area is 203 Å². The van der Waals surface area contributed by atoms with E-state index in [4.69, 9.17) is 4.74 Å². The lowest BCUT2D eigenvalue weighted by molar-refractivity contribution is -0.124. The summed E-state index contributed by atoms with van der Waals surface area (Å²) in [6.07, 6.45) is 5.45. The van der Waals surface area contributed by atoms with E-state index in [2.05, 4.69) is 12.2 Å². The van der Waals surface area contributed by atoms with Gasteiger partial charge in [-0.15, -0.1) is 0 Å². The molecule has 1 saturated heterocycles. The van der Waals surface area contributed by atoms with E-state index >= 15 is 0 Å². The van der Waals surface area contributed by atoms with Gasteiger partial charge in [-0.3, -0.25) is 9.59 Å². The van der Waals surface area contributed by atoms with Crippen molar-refractivity contribution in [1.82, 2.24) is 0 Å². The molecule has 3 aromatic carbocycles. The minimum Gasteiger partial charge on any atom is -0.422 e. The van der Waals surface area contributed by atoms with Crippen molar-refractivity contribution in [3.8, 4) is 16.9 Å². The topological polar surface area (TPSA) is 63.7 Å². The molecule has 3 fully saturated rings. The molecule has 2 bridgehead atoms. The molecule has 2 amide bonds. The van der Waals surface area contributed by atoms with Gasteiger partial charge in [-0.1, -0.05) is 66.7 Å². The third-order valence-corrected chi connectivity index (χ3v) is 8.18. The number of ether oxygens (including phenoxy) is 1. The molecule has 0 spiro atoms. The molecule has 35 heavy (non-hydrogen) atoms. The first-order valence-corrected chi connectivity index (χ1v) is 12.1. The first-order valence-electron chi connectivity index (χ1n) is 12.1. The van der Waals surface area contributed by atoms with Crippen LogP contribution >= 0.6 is 0 Å². The fourth-order valence-corrected chi connectivity index (χ4v) is 6.55. The molecule has 4 aliphatic carbocycles. The number of benzene rings is 3. The van der Waals surface area contributed by atoms with Crippen molar-refractivity contribution in [2.24, 2.45) is 35.5 Å². The van der Waals surface area contributed by atoms with Crippen molar-refractivity contribution in [2.75, 3.05) is 4.90 Å². The van der Waals surface area contributed by atoms with E-state index in [-0.39, 0.29) is 35.5 Å². The molecule has 2 saturated carbocycles. The zero-order valence-electron chi connectivity index (χ0n) is 18.9. The van der Waals surface area contributed by atoms with Crippen LogP contribution in [0.5, 0.6) is 5.75 Å². The highest BCUT2D eigenvalue weighted by Gasteiger charge is 2.67. The lowest BCUT2D eigenvalue weighted by Gasteiger charge is -2.37. The number of para-hydroxylation sites is 1. The second kappa shape index (κ2) is 7.51. The number of hydrogen-bond donors (Lipinski definition) is 0. The predicted octanol–water partition coefficient (Wildman–Crippen LogP) is 5.13. The Balaban J connectivity index is 1.17. The SMILES string of the molecule is O=C(Oc1ccccc1-c1ccccc1)c1cccc(N2C(=O)C3C4C=CC(C5CC45)C3C2=O)c1. The van der Waals surface area contributed by atoms with Crippen LogP contribution in [-0.4, -0.2) is 17.8 Å². The lowest BCUT2D eigenvalue weighted by Crippen LogP contribution is -2.40. The van der Waals surface area contributed by atoms with Crippen molar-refractivity contribution >= 4 is 23.5 Å². The average Bonchev–Trinajstić information content (AvgIpc) is 3.68. The fraction of sp³-hybridized carbons (Fsp3) is 0.233. The number of rotatable bonds is 4. The fourth-order valence-electron chi connectivity index (χ4n) is 6.55. The van der Waals surface area contributed by atoms with E-state index in [9.17, 15) is 14.4 Å². The van der Waals surface area contributed by atoms with E-state index in [0.717, 1.165) is 17.5 Å². The van der Waals surface area contributed by atoms with Gasteiger partial charge in [0.2, 0.25) is 11.8 Å². The van der Waals surface area contributed by atoms with Crippen LogP contribution in [0.3, 0.4) is 0 Å². The molecule has 5 nitrogen and oxygen atoms in total. The minimum atomic E-state index is -0.533. The quantitative estimate of drug-likeness (QED) is 0.234. The van der Waals surface area contributed by atoms with Crippen molar-refractivity contribution in [3.63, 3.8) is 0 Å². The van der Waals surface area contributed by atoms with Crippen molar-refractivity contribution in [3.05, 3.63) is 96.6 Å². The van der Waals surface area contributed by atoms with Gasteiger partial charge in [0.25, 0.3) is 0 Å². The van der Waals surface area contributed by atoms with E-state index in [1.807, 2.05) is 48.5 Å². The van der Waals surface area contributed by atoms with E-state index < -0.39 is 5.97 Å². The number of hydrogen-bond acceptors (Lipinski definition) is 4. The van der Waals surface area contributed by atoms with Gasteiger partial charge in [0.05, 0.1) is 23.1 Å².